The van der Waals surface area contributed by atoms with E-state index in [0.29, 0.717) is 24.2 Å². The van der Waals surface area contributed by atoms with Gasteiger partial charge in [0.05, 0.1) is 17.1 Å². The average molecular weight is 501 g/mol. The van der Waals surface area contributed by atoms with Crippen LogP contribution in [0.1, 0.15) is 32.9 Å². The molecule has 4 aromatic rings. The first-order valence-electron chi connectivity index (χ1n) is 11.9. The van der Waals surface area contributed by atoms with E-state index in [1.807, 2.05) is 73.3 Å². The molecule has 0 atom stereocenters. The number of carbonyl (C=O) groups excluding carboxylic acids is 1. The number of aromatic nitrogens is 2. The Morgan fingerprint density at radius 1 is 0.944 bits per heavy atom. The number of hydrogen-bond acceptors (Lipinski definition) is 4. The lowest BCUT2D eigenvalue weighted by atomic mass is 10.1. The first kappa shape index (κ1) is 24.0. The number of nitrogens with zero attached hydrogens (tertiary/aromatic N) is 4. The van der Waals surface area contributed by atoms with Gasteiger partial charge in [0.2, 0.25) is 10.0 Å². The topological polar surface area (TPSA) is 75.5 Å². The number of hydrogen-bond donors (Lipinski definition) is 0. The van der Waals surface area contributed by atoms with Crippen LogP contribution >= 0.6 is 0 Å². The molecular formula is C28H28N4O3S. The summed E-state index contributed by atoms with van der Waals surface area (Å²) in [5, 5.41) is 4.74. The molecule has 1 aliphatic rings. The molecule has 2 heterocycles. The molecular weight excluding hydrogens is 472 g/mol. The summed E-state index contributed by atoms with van der Waals surface area (Å²) < 4.78 is 29.9. The molecule has 3 aromatic carbocycles. The van der Waals surface area contributed by atoms with Crippen molar-refractivity contribution in [3.05, 3.63) is 113 Å². The van der Waals surface area contributed by atoms with Crippen LogP contribution in [0.5, 0.6) is 0 Å². The highest BCUT2D eigenvalue weighted by atomic mass is 32.2. The Balaban J connectivity index is 1.49. The number of anilines is 1. The molecule has 0 aliphatic carbocycles. The summed E-state index contributed by atoms with van der Waals surface area (Å²) in [5.74, 6) is -0.134. The van der Waals surface area contributed by atoms with Gasteiger partial charge in [0, 0.05) is 49.1 Å². The predicted molar refractivity (Wildman–Crippen MR) is 139 cm³/mol. The molecule has 0 bridgehead atoms. The maximum absolute atomic E-state index is 13.6. The van der Waals surface area contributed by atoms with Gasteiger partial charge >= 0.3 is 0 Å². The predicted octanol–water partition coefficient (Wildman–Crippen LogP) is 4.32. The number of fused-ring (bicyclic) bond motifs is 1. The summed E-state index contributed by atoms with van der Waals surface area (Å²) in [5.41, 5.74) is 4.98. The molecule has 36 heavy (non-hydrogen) atoms. The Bertz CT molecular complexity index is 1480. The second kappa shape index (κ2) is 9.72. The lowest BCUT2D eigenvalue weighted by molar-refractivity contribution is 0.0984. The molecule has 5 rings (SSSR count). The Morgan fingerprint density at radius 3 is 2.25 bits per heavy atom. The van der Waals surface area contributed by atoms with Gasteiger partial charge in [-0.15, -0.1) is 0 Å². The van der Waals surface area contributed by atoms with E-state index in [9.17, 15) is 13.2 Å². The second-order valence-electron chi connectivity index (χ2n) is 8.99. The van der Waals surface area contributed by atoms with E-state index in [0.717, 1.165) is 22.5 Å². The van der Waals surface area contributed by atoms with E-state index >= 15 is 0 Å². The Labute approximate surface area is 211 Å². The normalized spacial score (nSPS) is 13.8. The minimum Gasteiger partial charge on any atom is -0.302 e. The van der Waals surface area contributed by atoms with Crippen molar-refractivity contribution in [3.8, 4) is 0 Å². The van der Waals surface area contributed by atoms with Crippen molar-refractivity contribution in [1.29, 1.82) is 0 Å². The van der Waals surface area contributed by atoms with E-state index in [1.54, 1.807) is 35.2 Å². The molecule has 184 valence electrons. The van der Waals surface area contributed by atoms with Crippen LogP contribution < -0.4 is 4.90 Å². The van der Waals surface area contributed by atoms with Crippen LogP contribution in [0, 0.1) is 6.92 Å². The van der Waals surface area contributed by atoms with Crippen molar-refractivity contribution < 1.29 is 13.2 Å². The minimum atomic E-state index is -3.64. The van der Waals surface area contributed by atoms with Crippen molar-refractivity contribution in [2.75, 3.05) is 11.4 Å². The van der Waals surface area contributed by atoms with Gasteiger partial charge in [-0.05, 0) is 43.3 Å². The van der Waals surface area contributed by atoms with Crippen LogP contribution in [-0.2, 0) is 36.6 Å². The second-order valence-corrected chi connectivity index (χ2v) is 10.9. The van der Waals surface area contributed by atoms with Crippen molar-refractivity contribution in [3.63, 3.8) is 0 Å². The fraction of sp³-hybridized carbons (Fsp3) is 0.214. The first-order chi connectivity index (χ1) is 17.3. The van der Waals surface area contributed by atoms with Crippen LogP contribution in [0.2, 0.25) is 0 Å². The van der Waals surface area contributed by atoms with Gasteiger partial charge in [-0.3, -0.25) is 9.48 Å². The van der Waals surface area contributed by atoms with Crippen molar-refractivity contribution in [2.24, 2.45) is 7.05 Å². The first-order valence-corrected chi connectivity index (χ1v) is 13.3. The van der Waals surface area contributed by atoms with Crippen LogP contribution in [0.3, 0.4) is 0 Å². The molecule has 0 spiro atoms. The molecule has 0 saturated heterocycles. The van der Waals surface area contributed by atoms with Crippen molar-refractivity contribution in [1.82, 2.24) is 14.1 Å². The van der Waals surface area contributed by atoms with Crippen molar-refractivity contribution >= 4 is 21.6 Å². The number of rotatable bonds is 6. The summed E-state index contributed by atoms with van der Waals surface area (Å²) in [6, 6.07) is 25.5. The summed E-state index contributed by atoms with van der Waals surface area (Å²) in [7, 11) is -1.77. The summed E-state index contributed by atoms with van der Waals surface area (Å²) in [6.45, 7) is 2.82. The highest BCUT2D eigenvalue weighted by molar-refractivity contribution is 7.89. The Kier molecular flexibility index (Phi) is 6.47. The molecule has 7 nitrogen and oxygen atoms in total. The number of amides is 1. The standard InChI is InChI=1S/C28H28N4O3S/c1-21-13-15-22(16-14-21)28(33)32(23-9-5-3-6-10-23)20-26-25-19-31(18-17-27(25)30(2)29-26)36(34,35)24-11-7-4-8-12-24/h3-16H,17-20H2,1-2H3. The molecule has 0 radical (unpaired) electrons. The zero-order valence-electron chi connectivity index (χ0n) is 20.3. The Morgan fingerprint density at radius 2 is 1.58 bits per heavy atom. The number of aryl methyl sites for hydroxylation is 2. The van der Waals surface area contributed by atoms with E-state index in [2.05, 4.69) is 0 Å². The van der Waals surface area contributed by atoms with Gasteiger partial charge in [0.25, 0.3) is 5.91 Å². The monoisotopic (exact) mass is 500 g/mol. The zero-order chi connectivity index (χ0) is 25.3. The van der Waals surface area contributed by atoms with Gasteiger partial charge in [-0.2, -0.15) is 9.40 Å². The summed E-state index contributed by atoms with van der Waals surface area (Å²) in [6.07, 6.45) is 0.558. The maximum Gasteiger partial charge on any atom is 0.258 e. The van der Waals surface area contributed by atoms with Crippen LogP contribution in [0.4, 0.5) is 5.69 Å². The third-order valence-electron chi connectivity index (χ3n) is 6.59. The van der Waals surface area contributed by atoms with Gasteiger partial charge in [0.15, 0.2) is 0 Å². The third kappa shape index (κ3) is 4.57. The van der Waals surface area contributed by atoms with Crippen LogP contribution in [-0.4, -0.2) is 35.0 Å². The third-order valence-corrected chi connectivity index (χ3v) is 8.45. The molecule has 1 amide bonds. The lowest BCUT2D eigenvalue weighted by Gasteiger charge is -2.28. The fourth-order valence-electron chi connectivity index (χ4n) is 4.61. The molecule has 0 N–H and O–H groups in total. The van der Waals surface area contributed by atoms with E-state index in [1.165, 1.54) is 4.31 Å². The number of sulfonamides is 1. The Hall–Kier alpha value is -3.75. The number of benzene rings is 3. The van der Waals surface area contributed by atoms with Crippen LogP contribution in [0.15, 0.2) is 89.8 Å². The van der Waals surface area contributed by atoms with Gasteiger partial charge in [-0.1, -0.05) is 54.1 Å². The lowest BCUT2D eigenvalue weighted by Crippen LogP contribution is -2.37. The molecule has 1 aromatic heterocycles. The van der Waals surface area contributed by atoms with E-state index in [4.69, 9.17) is 5.10 Å². The van der Waals surface area contributed by atoms with Crippen LogP contribution in [0.25, 0.3) is 0 Å². The smallest absolute Gasteiger partial charge is 0.258 e. The largest absolute Gasteiger partial charge is 0.302 e. The highest BCUT2D eigenvalue weighted by Gasteiger charge is 2.33. The zero-order valence-corrected chi connectivity index (χ0v) is 21.1. The average Bonchev–Trinajstić information content (AvgIpc) is 3.22. The molecule has 0 saturated carbocycles. The summed E-state index contributed by atoms with van der Waals surface area (Å²) >= 11 is 0. The highest BCUT2D eigenvalue weighted by Crippen LogP contribution is 2.29. The number of para-hydroxylation sites is 1. The quantitative estimate of drug-likeness (QED) is 0.395. The van der Waals surface area contributed by atoms with Gasteiger partial charge in [-0.25, -0.2) is 8.42 Å². The van der Waals surface area contributed by atoms with E-state index in [-0.39, 0.29) is 23.9 Å². The molecule has 0 fully saturated rings. The SMILES string of the molecule is Cc1ccc(C(=O)N(Cc2nn(C)c3c2CN(S(=O)(=O)c2ccccc2)CC3)c2ccccc2)cc1. The number of carbonyl (C=O) groups is 1. The molecule has 1 aliphatic heterocycles. The minimum absolute atomic E-state index is 0.134. The fourth-order valence-corrected chi connectivity index (χ4v) is 6.04. The molecule has 8 heteroatoms. The maximum atomic E-state index is 13.6. The molecule has 0 unspecified atom stereocenters. The van der Waals surface area contributed by atoms with Gasteiger partial charge < -0.3 is 4.90 Å². The summed E-state index contributed by atoms with van der Waals surface area (Å²) in [4.78, 5) is 15.6. The van der Waals surface area contributed by atoms with E-state index < -0.39 is 10.0 Å². The van der Waals surface area contributed by atoms with Crippen molar-refractivity contribution in [2.45, 2.75) is 31.3 Å². The van der Waals surface area contributed by atoms with Gasteiger partial charge in [0.1, 0.15) is 0 Å².